The van der Waals surface area contributed by atoms with Crippen LogP contribution in [-0.2, 0) is 4.79 Å². The van der Waals surface area contributed by atoms with Gasteiger partial charge in [0.25, 0.3) is 0 Å². The third-order valence-electron chi connectivity index (χ3n) is 2.94. The average Bonchev–Trinajstić information content (AvgIpc) is 2.84. The van der Waals surface area contributed by atoms with Gasteiger partial charge in [0, 0.05) is 10.8 Å². The molecule has 2 nitrogen and oxygen atoms in total. The van der Waals surface area contributed by atoms with Gasteiger partial charge in [-0.2, -0.15) is 11.3 Å². The molecule has 1 unspecified atom stereocenters. The van der Waals surface area contributed by atoms with Gasteiger partial charge in [0.15, 0.2) is 0 Å². The van der Waals surface area contributed by atoms with Gasteiger partial charge in [0.1, 0.15) is 0 Å². The van der Waals surface area contributed by atoms with Gasteiger partial charge in [-0.1, -0.05) is 6.07 Å². The largest absolute Gasteiger partial charge is 0.344 e. The minimum Gasteiger partial charge on any atom is -0.344 e. The minimum absolute atomic E-state index is 0.0364. The molecular weight excluding hydrogens is 250 g/mol. The zero-order valence-electron chi connectivity index (χ0n) is 9.26. The molecule has 0 bridgehead atoms. The predicted molar refractivity (Wildman–Crippen MR) is 71.3 cm³/mol. The van der Waals surface area contributed by atoms with Crippen LogP contribution in [0.15, 0.2) is 34.3 Å². The third kappa shape index (κ3) is 2.42. The quantitative estimate of drug-likeness (QED) is 0.899. The van der Waals surface area contributed by atoms with Gasteiger partial charge in [0.05, 0.1) is 6.04 Å². The lowest BCUT2D eigenvalue weighted by Crippen LogP contribution is -2.29. The topological polar surface area (TPSA) is 29.1 Å². The second kappa shape index (κ2) is 4.63. The fraction of sp³-hybridized carbons (Fsp3) is 0.308. The van der Waals surface area contributed by atoms with Crippen LogP contribution in [0.5, 0.6) is 0 Å². The molecule has 2 aromatic rings. The van der Waals surface area contributed by atoms with Crippen molar-refractivity contribution in [3.8, 4) is 0 Å². The second-order valence-electron chi connectivity index (χ2n) is 4.29. The van der Waals surface area contributed by atoms with Gasteiger partial charge in [-0.15, -0.1) is 11.3 Å². The first-order valence-corrected chi connectivity index (χ1v) is 7.53. The highest BCUT2D eigenvalue weighted by Gasteiger charge is 2.31. The van der Waals surface area contributed by atoms with Gasteiger partial charge in [-0.3, -0.25) is 4.79 Å². The Kier molecular flexibility index (Phi) is 2.99. The minimum atomic E-state index is 0.0364. The lowest BCUT2D eigenvalue weighted by atomic mass is 10.1. The Balaban J connectivity index is 1.83. The van der Waals surface area contributed by atoms with Crippen molar-refractivity contribution in [1.29, 1.82) is 0 Å². The number of amides is 1. The zero-order chi connectivity index (χ0) is 11.7. The number of thiophene rings is 2. The molecule has 1 aliphatic carbocycles. The Labute approximate surface area is 108 Å². The van der Waals surface area contributed by atoms with Crippen LogP contribution in [0.4, 0.5) is 0 Å². The average molecular weight is 263 g/mol. The second-order valence-corrected chi connectivity index (χ2v) is 6.05. The van der Waals surface area contributed by atoms with Crippen LogP contribution in [0, 0.1) is 5.92 Å². The summed E-state index contributed by atoms with van der Waals surface area (Å²) in [6, 6.07) is 6.24. The molecule has 0 spiro atoms. The maximum Gasteiger partial charge on any atom is 0.223 e. The van der Waals surface area contributed by atoms with Crippen molar-refractivity contribution in [1.82, 2.24) is 5.32 Å². The van der Waals surface area contributed by atoms with Crippen LogP contribution in [0.1, 0.15) is 29.3 Å². The summed E-state index contributed by atoms with van der Waals surface area (Å²) >= 11 is 3.36. The fourth-order valence-corrected chi connectivity index (χ4v) is 3.31. The maximum absolute atomic E-state index is 11.9. The van der Waals surface area contributed by atoms with Crippen LogP contribution in [0.2, 0.25) is 0 Å². The van der Waals surface area contributed by atoms with E-state index in [-0.39, 0.29) is 17.9 Å². The number of hydrogen-bond donors (Lipinski definition) is 1. The molecule has 2 heterocycles. The lowest BCUT2D eigenvalue weighted by molar-refractivity contribution is -0.122. The van der Waals surface area contributed by atoms with E-state index in [9.17, 15) is 4.79 Å². The number of carbonyl (C=O) groups is 1. The summed E-state index contributed by atoms with van der Waals surface area (Å²) in [7, 11) is 0. The van der Waals surface area contributed by atoms with E-state index in [1.165, 1.54) is 10.4 Å². The van der Waals surface area contributed by atoms with E-state index in [2.05, 4.69) is 33.6 Å². The van der Waals surface area contributed by atoms with E-state index >= 15 is 0 Å². The molecule has 2 aromatic heterocycles. The first kappa shape index (κ1) is 11.0. The summed E-state index contributed by atoms with van der Waals surface area (Å²) in [5, 5.41) is 9.38. The Morgan fingerprint density at radius 1 is 1.35 bits per heavy atom. The number of carbonyl (C=O) groups excluding carboxylic acids is 1. The third-order valence-corrected chi connectivity index (χ3v) is 4.58. The van der Waals surface area contributed by atoms with Gasteiger partial charge in [-0.25, -0.2) is 0 Å². The van der Waals surface area contributed by atoms with Gasteiger partial charge in [0.2, 0.25) is 5.91 Å². The number of rotatable bonds is 4. The normalized spacial score (nSPS) is 16.7. The van der Waals surface area contributed by atoms with E-state index in [4.69, 9.17) is 0 Å². The van der Waals surface area contributed by atoms with E-state index in [0.717, 1.165) is 12.8 Å². The molecule has 0 aromatic carbocycles. The van der Waals surface area contributed by atoms with Crippen molar-refractivity contribution in [2.24, 2.45) is 5.92 Å². The molecule has 1 fully saturated rings. The highest BCUT2D eigenvalue weighted by Crippen LogP contribution is 2.32. The standard InChI is InChI=1S/C13H13NOS2/c15-13(9-3-4-9)14-12(10-5-7-16-8-10)11-2-1-6-17-11/h1-2,5-9,12H,3-4H2,(H,14,15). The van der Waals surface area contributed by atoms with Crippen LogP contribution in [0.3, 0.4) is 0 Å². The molecule has 1 atom stereocenters. The van der Waals surface area contributed by atoms with Crippen LogP contribution in [-0.4, -0.2) is 5.91 Å². The molecule has 88 valence electrons. The molecule has 1 N–H and O–H groups in total. The summed E-state index contributed by atoms with van der Waals surface area (Å²) in [5.74, 6) is 0.464. The molecule has 17 heavy (non-hydrogen) atoms. The SMILES string of the molecule is O=C(NC(c1ccsc1)c1cccs1)C1CC1. The molecule has 0 saturated heterocycles. The van der Waals surface area contributed by atoms with Gasteiger partial charge >= 0.3 is 0 Å². The highest BCUT2D eigenvalue weighted by molar-refractivity contribution is 7.10. The van der Waals surface area contributed by atoms with Crippen molar-refractivity contribution >= 4 is 28.6 Å². The first-order chi connectivity index (χ1) is 8.34. The molecule has 0 aliphatic heterocycles. The zero-order valence-corrected chi connectivity index (χ0v) is 10.9. The van der Waals surface area contributed by atoms with Crippen molar-refractivity contribution in [2.75, 3.05) is 0 Å². The summed E-state index contributed by atoms with van der Waals surface area (Å²) in [6.07, 6.45) is 2.10. The Morgan fingerprint density at radius 2 is 2.24 bits per heavy atom. The van der Waals surface area contributed by atoms with Gasteiger partial charge in [-0.05, 0) is 46.7 Å². The first-order valence-electron chi connectivity index (χ1n) is 5.70. The summed E-state index contributed by atoms with van der Waals surface area (Å²) in [4.78, 5) is 13.1. The molecule has 0 radical (unpaired) electrons. The van der Waals surface area contributed by atoms with Gasteiger partial charge < -0.3 is 5.32 Å². The molecular formula is C13H13NOS2. The molecule has 4 heteroatoms. The Morgan fingerprint density at radius 3 is 2.82 bits per heavy atom. The van der Waals surface area contributed by atoms with E-state index in [0.29, 0.717) is 0 Å². The fourth-order valence-electron chi connectivity index (χ4n) is 1.82. The molecule has 1 saturated carbocycles. The Bertz CT molecular complexity index is 451. The van der Waals surface area contributed by atoms with E-state index < -0.39 is 0 Å². The van der Waals surface area contributed by atoms with Crippen molar-refractivity contribution in [3.05, 3.63) is 44.8 Å². The van der Waals surface area contributed by atoms with Crippen molar-refractivity contribution < 1.29 is 4.79 Å². The van der Waals surface area contributed by atoms with Crippen molar-refractivity contribution in [2.45, 2.75) is 18.9 Å². The summed E-state index contributed by atoms with van der Waals surface area (Å²) < 4.78 is 0. The van der Waals surface area contributed by atoms with Crippen LogP contribution >= 0.6 is 22.7 Å². The Hall–Kier alpha value is -1.13. The molecule has 3 rings (SSSR count). The van der Waals surface area contributed by atoms with Crippen LogP contribution < -0.4 is 5.32 Å². The molecule has 1 amide bonds. The monoisotopic (exact) mass is 263 g/mol. The highest BCUT2D eigenvalue weighted by atomic mass is 32.1. The summed E-state index contributed by atoms with van der Waals surface area (Å²) in [6.45, 7) is 0. The smallest absolute Gasteiger partial charge is 0.223 e. The summed E-state index contributed by atoms with van der Waals surface area (Å²) in [5.41, 5.74) is 1.19. The van der Waals surface area contributed by atoms with Crippen molar-refractivity contribution in [3.63, 3.8) is 0 Å². The maximum atomic E-state index is 11.9. The lowest BCUT2D eigenvalue weighted by Gasteiger charge is -2.16. The molecule has 1 aliphatic rings. The number of nitrogens with one attached hydrogen (secondary N) is 1. The van der Waals surface area contributed by atoms with E-state index in [1.807, 2.05) is 6.07 Å². The predicted octanol–water partition coefficient (Wildman–Crippen LogP) is 3.43. The number of hydrogen-bond acceptors (Lipinski definition) is 3. The van der Waals surface area contributed by atoms with Crippen LogP contribution in [0.25, 0.3) is 0 Å². The van der Waals surface area contributed by atoms with E-state index in [1.54, 1.807) is 22.7 Å².